The molecule has 0 aliphatic rings. The minimum absolute atomic E-state index is 0.0509. The van der Waals surface area contributed by atoms with Crippen LogP contribution in [0.4, 0.5) is 0 Å². The van der Waals surface area contributed by atoms with Crippen molar-refractivity contribution < 1.29 is 4.21 Å². The molecule has 0 aromatic heterocycles. The minimum Gasteiger partial charge on any atom is -0.275 e. The van der Waals surface area contributed by atoms with Gasteiger partial charge in [-0.1, -0.05) is 73.7 Å². The number of benzene rings is 2. The molecule has 2 rings (SSSR count). The summed E-state index contributed by atoms with van der Waals surface area (Å²) in [5.74, 6) is 0. The summed E-state index contributed by atoms with van der Waals surface area (Å²) in [6, 6.07) is 20.1. The highest BCUT2D eigenvalue weighted by atomic mass is 32.2. The van der Waals surface area contributed by atoms with Crippen molar-refractivity contribution in [2.75, 3.05) is 0 Å². The molecule has 0 aliphatic carbocycles. The minimum atomic E-state index is -1.16. The molecule has 0 radical (unpaired) electrons. The molecule has 1 N–H and O–H groups in total. The first-order valence-corrected chi connectivity index (χ1v) is 10.5. The lowest BCUT2D eigenvalue weighted by molar-refractivity contribution is 0.529. The smallest absolute Gasteiger partial charge is 0.0973 e. The summed E-state index contributed by atoms with van der Waals surface area (Å²) < 4.78 is 15.5. The second-order valence-electron chi connectivity index (χ2n) is 7.45. The van der Waals surface area contributed by atoms with Crippen molar-refractivity contribution in [3.05, 3.63) is 84.4 Å². The Bertz CT molecular complexity index is 738. The Kier molecular flexibility index (Phi) is 7.69. The van der Waals surface area contributed by atoms with E-state index in [9.17, 15) is 4.21 Å². The normalized spacial score (nSPS) is 14.8. The summed E-state index contributed by atoms with van der Waals surface area (Å²) in [5, 5.41) is 0. The number of hydrogen-bond acceptors (Lipinski definition) is 2. The van der Waals surface area contributed by atoms with E-state index in [0.717, 1.165) is 23.3 Å². The molecule has 2 aromatic carbocycles. The number of aliphatic imine (C=N–C) groups is 1. The van der Waals surface area contributed by atoms with Crippen molar-refractivity contribution in [1.29, 1.82) is 0 Å². The summed E-state index contributed by atoms with van der Waals surface area (Å²) in [7, 11) is -1.16. The van der Waals surface area contributed by atoms with Crippen LogP contribution in [0.15, 0.2) is 78.3 Å². The van der Waals surface area contributed by atoms with E-state index in [1.165, 1.54) is 0 Å². The Balaban J connectivity index is 2.42. The Labute approximate surface area is 166 Å². The first kappa shape index (κ1) is 21.3. The van der Waals surface area contributed by atoms with Crippen molar-refractivity contribution in [3.8, 4) is 0 Å². The van der Waals surface area contributed by atoms with Crippen LogP contribution in [0.2, 0.25) is 0 Å². The summed E-state index contributed by atoms with van der Waals surface area (Å²) >= 11 is 0. The number of nitrogens with one attached hydrogen (secondary N) is 1. The van der Waals surface area contributed by atoms with Crippen molar-refractivity contribution in [3.63, 3.8) is 0 Å². The van der Waals surface area contributed by atoms with E-state index in [2.05, 4.69) is 42.5 Å². The number of rotatable bonds is 8. The fourth-order valence-electron chi connectivity index (χ4n) is 2.67. The Morgan fingerprint density at radius 3 is 1.93 bits per heavy atom. The molecule has 3 nitrogen and oxygen atoms in total. The second-order valence-corrected chi connectivity index (χ2v) is 9.45. The van der Waals surface area contributed by atoms with Crippen LogP contribution in [-0.2, 0) is 11.0 Å². The molecule has 4 heteroatoms. The van der Waals surface area contributed by atoms with Gasteiger partial charge in [0.05, 0.1) is 27.5 Å². The van der Waals surface area contributed by atoms with Gasteiger partial charge in [-0.25, -0.2) is 8.93 Å². The van der Waals surface area contributed by atoms with Gasteiger partial charge in [-0.15, -0.1) is 6.58 Å². The van der Waals surface area contributed by atoms with E-state index in [1.54, 1.807) is 0 Å². The molecule has 0 saturated heterocycles. The Hall–Kier alpha value is -2.04. The standard InChI is InChI=1S/C23H30N2OS/c1-6-20(21(7-2)25-27(26)23(3,4)5)24-22(18-14-10-8-11-15-18)19-16-12-9-13-17-19/h6,8-17,20-21,25H,1,7H2,2-5H3/t20-,21-,27-/m1/s1. The summed E-state index contributed by atoms with van der Waals surface area (Å²) in [6.07, 6.45) is 2.64. The third-order valence-corrected chi connectivity index (χ3v) is 5.91. The van der Waals surface area contributed by atoms with Gasteiger partial charge in [-0.3, -0.25) is 4.99 Å². The summed E-state index contributed by atoms with van der Waals surface area (Å²) in [5.41, 5.74) is 3.03. The average molecular weight is 383 g/mol. The van der Waals surface area contributed by atoms with Gasteiger partial charge in [-0.05, 0) is 27.2 Å². The summed E-state index contributed by atoms with van der Waals surface area (Å²) in [6.45, 7) is 12.0. The van der Waals surface area contributed by atoms with Crippen LogP contribution in [-0.4, -0.2) is 26.8 Å². The molecule has 3 atom stereocenters. The molecule has 0 heterocycles. The largest absolute Gasteiger partial charge is 0.275 e. The van der Waals surface area contributed by atoms with Crippen LogP contribution < -0.4 is 4.72 Å². The molecule has 0 fully saturated rings. The highest BCUT2D eigenvalue weighted by molar-refractivity contribution is 7.84. The fourth-order valence-corrected chi connectivity index (χ4v) is 3.61. The van der Waals surface area contributed by atoms with Gasteiger partial charge < -0.3 is 0 Å². The van der Waals surface area contributed by atoms with Crippen molar-refractivity contribution in [2.45, 2.75) is 50.9 Å². The highest BCUT2D eigenvalue weighted by Crippen LogP contribution is 2.17. The lowest BCUT2D eigenvalue weighted by Gasteiger charge is -2.27. The molecule has 0 spiro atoms. The molecule has 0 aliphatic heterocycles. The van der Waals surface area contributed by atoms with Crippen LogP contribution in [0.3, 0.4) is 0 Å². The van der Waals surface area contributed by atoms with Crippen molar-refractivity contribution >= 4 is 16.7 Å². The summed E-state index contributed by atoms with van der Waals surface area (Å²) in [4.78, 5) is 5.04. The predicted molar refractivity (Wildman–Crippen MR) is 118 cm³/mol. The van der Waals surface area contributed by atoms with E-state index in [-0.39, 0.29) is 16.8 Å². The van der Waals surface area contributed by atoms with Crippen LogP contribution in [0.25, 0.3) is 0 Å². The highest BCUT2D eigenvalue weighted by Gasteiger charge is 2.26. The van der Waals surface area contributed by atoms with Gasteiger partial charge in [-0.2, -0.15) is 0 Å². The molecular formula is C23H30N2OS. The zero-order valence-electron chi connectivity index (χ0n) is 16.7. The second kappa shape index (κ2) is 9.77. The van der Waals surface area contributed by atoms with Gasteiger partial charge in [0.1, 0.15) is 0 Å². The van der Waals surface area contributed by atoms with Gasteiger partial charge >= 0.3 is 0 Å². The maximum atomic E-state index is 12.6. The van der Waals surface area contributed by atoms with Crippen molar-refractivity contribution in [2.24, 2.45) is 4.99 Å². The maximum Gasteiger partial charge on any atom is 0.0973 e. The number of nitrogens with zero attached hydrogens (tertiary/aromatic N) is 1. The lowest BCUT2D eigenvalue weighted by Crippen LogP contribution is -2.44. The molecular weight excluding hydrogens is 352 g/mol. The van der Waals surface area contributed by atoms with E-state index in [1.807, 2.05) is 63.2 Å². The van der Waals surface area contributed by atoms with Gasteiger partial charge in [0.15, 0.2) is 0 Å². The first-order chi connectivity index (χ1) is 12.9. The van der Waals surface area contributed by atoms with Crippen LogP contribution >= 0.6 is 0 Å². The third-order valence-electron chi connectivity index (χ3n) is 4.28. The third kappa shape index (κ3) is 5.98. The fraction of sp³-hybridized carbons (Fsp3) is 0.348. The van der Waals surface area contributed by atoms with Gasteiger partial charge in [0.25, 0.3) is 0 Å². The molecule has 27 heavy (non-hydrogen) atoms. The van der Waals surface area contributed by atoms with E-state index >= 15 is 0 Å². The molecule has 0 unspecified atom stereocenters. The van der Waals surface area contributed by atoms with Crippen molar-refractivity contribution in [1.82, 2.24) is 4.72 Å². The van der Waals surface area contributed by atoms with E-state index in [0.29, 0.717) is 0 Å². The van der Waals surface area contributed by atoms with Crippen LogP contribution in [0.5, 0.6) is 0 Å². The van der Waals surface area contributed by atoms with Gasteiger partial charge in [0.2, 0.25) is 0 Å². The molecule has 0 bridgehead atoms. The number of hydrogen-bond donors (Lipinski definition) is 1. The zero-order valence-corrected chi connectivity index (χ0v) is 17.5. The van der Waals surface area contributed by atoms with Gasteiger partial charge in [0, 0.05) is 17.2 Å². The molecule has 0 saturated carbocycles. The molecule has 0 amide bonds. The Morgan fingerprint density at radius 2 is 1.56 bits per heavy atom. The zero-order chi connectivity index (χ0) is 19.9. The average Bonchev–Trinajstić information content (AvgIpc) is 2.68. The SMILES string of the molecule is C=C[C@@H](N=C(c1ccccc1)c1ccccc1)[C@@H](CC)N[S@](=O)C(C)(C)C. The molecule has 2 aromatic rings. The monoisotopic (exact) mass is 382 g/mol. The van der Waals surface area contributed by atoms with E-state index < -0.39 is 11.0 Å². The maximum absolute atomic E-state index is 12.6. The molecule has 144 valence electrons. The quantitative estimate of drug-likeness (QED) is 0.511. The first-order valence-electron chi connectivity index (χ1n) is 9.36. The predicted octanol–water partition coefficient (Wildman–Crippen LogP) is 4.91. The topological polar surface area (TPSA) is 41.5 Å². The van der Waals surface area contributed by atoms with E-state index in [4.69, 9.17) is 4.99 Å². The van der Waals surface area contributed by atoms with Crippen LogP contribution in [0, 0.1) is 0 Å². The lowest BCUT2D eigenvalue weighted by atomic mass is 10.0. The van der Waals surface area contributed by atoms with Crippen LogP contribution in [0.1, 0.15) is 45.2 Å². The Morgan fingerprint density at radius 1 is 1.07 bits per heavy atom.